The number of aromatic nitrogens is 4. The molecule has 156 valence electrons. The molecule has 0 radical (unpaired) electrons. The SMILES string of the molecule is CC(Cn1c(Cl)nc2c(N[C@@H](CO)c3ccccc3)ncnc21)OCP(=O)(O)O. The summed E-state index contributed by atoms with van der Waals surface area (Å²) < 4.78 is 17.8. The molecule has 1 aromatic carbocycles. The van der Waals surface area contributed by atoms with Crippen molar-refractivity contribution in [3.8, 4) is 0 Å². The number of hydrogen-bond acceptors (Lipinski definition) is 7. The molecule has 0 amide bonds. The molecule has 3 rings (SSSR count). The zero-order valence-corrected chi connectivity index (χ0v) is 17.2. The number of fused-ring (bicyclic) bond motifs is 1. The van der Waals surface area contributed by atoms with Gasteiger partial charge in [0.05, 0.1) is 25.3 Å². The number of benzene rings is 1. The van der Waals surface area contributed by atoms with Gasteiger partial charge in [-0.15, -0.1) is 0 Å². The van der Waals surface area contributed by atoms with Crippen molar-refractivity contribution in [1.82, 2.24) is 19.5 Å². The second-order valence-electron chi connectivity index (χ2n) is 6.45. The highest BCUT2D eigenvalue weighted by Gasteiger charge is 2.21. The van der Waals surface area contributed by atoms with E-state index < -0.39 is 26.1 Å². The first-order valence-electron chi connectivity index (χ1n) is 8.73. The van der Waals surface area contributed by atoms with Crippen LogP contribution in [0.5, 0.6) is 0 Å². The first kappa shape index (κ1) is 21.6. The molecular formula is C17H21ClN5O5P. The molecule has 2 atom stereocenters. The van der Waals surface area contributed by atoms with Crippen LogP contribution in [0.15, 0.2) is 36.7 Å². The predicted octanol–water partition coefficient (Wildman–Crippen LogP) is 2.17. The van der Waals surface area contributed by atoms with Crippen LogP contribution in [-0.4, -0.2) is 53.5 Å². The molecule has 0 aliphatic carbocycles. The van der Waals surface area contributed by atoms with E-state index in [9.17, 15) is 9.67 Å². The van der Waals surface area contributed by atoms with Gasteiger partial charge in [-0.2, -0.15) is 0 Å². The fraction of sp³-hybridized carbons (Fsp3) is 0.353. The fourth-order valence-corrected chi connectivity index (χ4v) is 3.48. The summed E-state index contributed by atoms with van der Waals surface area (Å²) in [6, 6.07) is 9.01. The van der Waals surface area contributed by atoms with Crippen molar-refractivity contribution in [1.29, 1.82) is 0 Å². The zero-order valence-electron chi connectivity index (χ0n) is 15.5. The molecule has 0 spiro atoms. The number of aliphatic hydroxyl groups is 1. The highest BCUT2D eigenvalue weighted by molar-refractivity contribution is 7.51. The summed E-state index contributed by atoms with van der Waals surface area (Å²) in [6.45, 7) is 1.69. The molecule has 0 bridgehead atoms. The Kier molecular flexibility index (Phi) is 6.84. The molecule has 0 saturated heterocycles. The minimum absolute atomic E-state index is 0.135. The summed E-state index contributed by atoms with van der Waals surface area (Å²) in [5, 5.41) is 13.1. The molecule has 0 fully saturated rings. The molecule has 29 heavy (non-hydrogen) atoms. The molecule has 0 aliphatic heterocycles. The van der Waals surface area contributed by atoms with Gasteiger partial charge in [0.25, 0.3) is 0 Å². The Morgan fingerprint density at radius 3 is 2.66 bits per heavy atom. The van der Waals surface area contributed by atoms with Gasteiger partial charge in [0.1, 0.15) is 12.7 Å². The van der Waals surface area contributed by atoms with Gasteiger partial charge in [-0.05, 0) is 24.1 Å². The maximum Gasteiger partial charge on any atom is 0.350 e. The molecule has 12 heteroatoms. The lowest BCUT2D eigenvalue weighted by molar-refractivity contribution is 0.0765. The third kappa shape index (κ3) is 5.51. The van der Waals surface area contributed by atoms with Gasteiger partial charge >= 0.3 is 7.60 Å². The van der Waals surface area contributed by atoms with Crippen molar-refractivity contribution < 1.29 is 24.2 Å². The van der Waals surface area contributed by atoms with Gasteiger partial charge in [-0.25, -0.2) is 15.0 Å². The molecular weight excluding hydrogens is 421 g/mol. The van der Waals surface area contributed by atoms with Gasteiger partial charge in [-0.3, -0.25) is 9.13 Å². The predicted molar refractivity (Wildman–Crippen MR) is 108 cm³/mol. The molecule has 2 heterocycles. The Labute approximate surface area is 171 Å². The number of hydrogen-bond donors (Lipinski definition) is 4. The number of anilines is 1. The van der Waals surface area contributed by atoms with Crippen molar-refractivity contribution in [2.45, 2.75) is 25.6 Å². The third-order valence-electron chi connectivity index (χ3n) is 4.15. The summed E-state index contributed by atoms with van der Waals surface area (Å²) in [4.78, 5) is 30.6. The van der Waals surface area contributed by atoms with E-state index in [1.54, 1.807) is 11.5 Å². The van der Waals surface area contributed by atoms with E-state index in [2.05, 4.69) is 20.3 Å². The molecule has 0 saturated carbocycles. The number of rotatable bonds is 9. The zero-order chi connectivity index (χ0) is 21.0. The van der Waals surface area contributed by atoms with E-state index in [1.807, 2.05) is 30.3 Å². The van der Waals surface area contributed by atoms with Crippen molar-refractivity contribution in [2.75, 3.05) is 18.3 Å². The van der Waals surface area contributed by atoms with Gasteiger partial charge in [0.15, 0.2) is 17.0 Å². The standard InChI is InChI=1S/C17H21ClN5O5P/c1-11(28-10-29(25,26)27)7-23-16-14(22-17(23)18)15(19-9-20-16)21-13(8-24)12-5-3-2-4-6-12/h2-6,9,11,13,24H,7-8,10H2,1H3,(H,19,20,21)(H2,25,26,27)/t11?,13-/m0/s1. The average Bonchev–Trinajstić information content (AvgIpc) is 3.01. The molecule has 2 aromatic heterocycles. The summed E-state index contributed by atoms with van der Waals surface area (Å²) in [7, 11) is -4.27. The second kappa shape index (κ2) is 9.17. The first-order chi connectivity index (χ1) is 13.8. The highest BCUT2D eigenvalue weighted by atomic mass is 35.5. The van der Waals surface area contributed by atoms with E-state index in [0.717, 1.165) is 5.56 Å². The van der Waals surface area contributed by atoms with Gasteiger partial charge in [0, 0.05) is 0 Å². The van der Waals surface area contributed by atoms with Crippen LogP contribution in [0.4, 0.5) is 5.82 Å². The van der Waals surface area contributed by atoms with E-state index in [-0.39, 0.29) is 18.4 Å². The third-order valence-corrected chi connectivity index (χ3v) is 4.92. The van der Waals surface area contributed by atoms with Crippen LogP contribution in [0.25, 0.3) is 11.2 Å². The molecule has 4 N–H and O–H groups in total. The Morgan fingerprint density at radius 2 is 2.00 bits per heavy atom. The lowest BCUT2D eigenvalue weighted by Crippen LogP contribution is -2.18. The number of nitrogens with zero attached hydrogens (tertiary/aromatic N) is 4. The van der Waals surface area contributed by atoms with Crippen LogP contribution in [-0.2, 0) is 15.8 Å². The minimum Gasteiger partial charge on any atom is -0.394 e. The first-order valence-corrected chi connectivity index (χ1v) is 10.9. The topological polar surface area (TPSA) is 143 Å². The summed E-state index contributed by atoms with van der Waals surface area (Å²) in [5.74, 6) is 0.405. The lowest BCUT2D eigenvalue weighted by Gasteiger charge is -2.17. The second-order valence-corrected chi connectivity index (χ2v) is 8.37. The smallest absolute Gasteiger partial charge is 0.350 e. The van der Waals surface area contributed by atoms with Gasteiger partial charge < -0.3 is 24.9 Å². The summed E-state index contributed by atoms with van der Waals surface area (Å²) in [6.07, 6.45) is 0.119. The molecule has 0 aliphatic rings. The average molecular weight is 442 g/mol. The Bertz CT molecular complexity index is 1010. The van der Waals surface area contributed by atoms with Gasteiger partial charge in [-0.1, -0.05) is 30.3 Å². The lowest BCUT2D eigenvalue weighted by atomic mass is 10.1. The van der Waals surface area contributed by atoms with Crippen LogP contribution in [0.1, 0.15) is 18.5 Å². The minimum atomic E-state index is -4.27. The van der Waals surface area contributed by atoms with E-state index in [1.165, 1.54) is 6.33 Å². The van der Waals surface area contributed by atoms with Crippen LogP contribution in [0.3, 0.4) is 0 Å². The quantitative estimate of drug-likeness (QED) is 0.290. The van der Waals surface area contributed by atoms with Crippen LogP contribution >= 0.6 is 19.2 Å². The Hall–Kier alpha value is -2.07. The maximum absolute atomic E-state index is 11.0. The normalized spacial score (nSPS) is 14.1. The number of imidazole rings is 1. The van der Waals surface area contributed by atoms with Crippen molar-refractivity contribution in [3.63, 3.8) is 0 Å². The van der Waals surface area contributed by atoms with Crippen LogP contribution in [0, 0.1) is 0 Å². The summed E-state index contributed by atoms with van der Waals surface area (Å²) >= 11 is 6.26. The number of nitrogens with one attached hydrogen (secondary N) is 1. The monoisotopic (exact) mass is 441 g/mol. The highest BCUT2D eigenvalue weighted by Crippen LogP contribution is 2.34. The molecule has 10 nitrogen and oxygen atoms in total. The van der Waals surface area contributed by atoms with Crippen molar-refractivity contribution in [2.24, 2.45) is 0 Å². The fourth-order valence-electron chi connectivity index (χ4n) is 2.80. The van der Waals surface area contributed by atoms with Crippen molar-refractivity contribution in [3.05, 3.63) is 47.5 Å². The summed E-state index contributed by atoms with van der Waals surface area (Å²) in [5.41, 5.74) is 1.73. The number of ether oxygens (including phenoxy) is 1. The van der Waals surface area contributed by atoms with Crippen LogP contribution in [0.2, 0.25) is 5.28 Å². The molecule has 1 unspecified atom stereocenters. The van der Waals surface area contributed by atoms with E-state index >= 15 is 0 Å². The van der Waals surface area contributed by atoms with E-state index in [0.29, 0.717) is 17.0 Å². The van der Waals surface area contributed by atoms with Crippen LogP contribution < -0.4 is 5.32 Å². The maximum atomic E-state index is 11.0. The number of aliphatic hydroxyl groups excluding tert-OH is 1. The largest absolute Gasteiger partial charge is 0.394 e. The number of halogens is 1. The van der Waals surface area contributed by atoms with Crippen molar-refractivity contribution >= 4 is 36.2 Å². The van der Waals surface area contributed by atoms with Gasteiger partial charge in [0.2, 0.25) is 5.28 Å². The Morgan fingerprint density at radius 1 is 1.28 bits per heavy atom. The Balaban J connectivity index is 1.84. The molecule has 3 aromatic rings. The van der Waals surface area contributed by atoms with E-state index in [4.69, 9.17) is 26.1 Å².